The average Bonchev–Trinajstić information content (AvgIpc) is 2.65. The average molecular weight is 428 g/mol. The molecule has 0 aliphatic heterocycles. The fraction of sp³-hybridized carbons (Fsp3) is 0.273. The van der Waals surface area contributed by atoms with Gasteiger partial charge < -0.3 is 10.6 Å². The first kappa shape index (κ1) is 23.1. The third-order valence-corrected chi connectivity index (χ3v) is 6.04. The Morgan fingerprint density at radius 2 is 1.70 bits per heavy atom. The van der Waals surface area contributed by atoms with Gasteiger partial charge in [0.25, 0.3) is 0 Å². The number of amides is 2. The minimum Gasteiger partial charge on any atom is -0.347 e. The number of aryl methyl sites for hydroxylation is 3. The summed E-state index contributed by atoms with van der Waals surface area (Å²) in [4.78, 5) is 24.1. The molecule has 0 saturated heterocycles. The standard InChI is InChI=1S/C22H25N3O4S/c1-5-18-7-6-8-19(13-18)25-21(27)14-23-20(26)9-10-24-30(28,29)22-16(3)11-15(2)12-17(22)4/h1,6-8,11-13,24H,9-10,14H2,2-4H3,(H,23,26)(H,25,27). The molecule has 0 fully saturated rings. The summed E-state index contributed by atoms with van der Waals surface area (Å²) in [7, 11) is -3.74. The second-order valence-corrected chi connectivity index (χ2v) is 8.63. The van der Waals surface area contributed by atoms with Crippen LogP contribution in [-0.2, 0) is 19.6 Å². The lowest BCUT2D eigenvalue weighted by molar-refractivity contribution is -0.124. The molecule has 7 nitrogen and oxygen atoms in total. The van der Waals surface area contributed by atoms with E-state index < -0.39 is 21.8 Å². The Bertz CT molecular complexity index is 1080. The minimum atomic E-state index is -3.74. The number of hydrogen-bond donors (Lipinski definition) is 3. The Balaban J connectivity index is 1.82. The van der Waals surface area contributed by atoms with E-state index in [9.17, 15) is 18.0 Å². The van der Waals surface area contributed by atoms with Gasteiger partial charge in [-0.25, -0.2) is 13.1 Å². The fourth-order valence-electron chi connectivity index (χ4n) is 3.12. The molecule has 0 aromatic heterocycles. The van der Waals surface area contributed by atoms with Crippen molar-refractivity contribution in [3.05, 3.63) is 58.7 Å². The summed E-state index contributed by atoms with van der Waals surface area (Å²) in [6.07, 6.45) is 5.22. The lowest BCUT2D eigenvalue weighted by atomic mass is 10.1. The maximum Gasteiger partial charge on any atom is 0.243 e. The highest BCUT2D eigenvalue weighted by Crippen LogP contribution is 2.21. The van der Waals surface area contributed by atoms with Crippen LogP contribution in [0.25, 0.3) is 0 Å². The van der Waals surface area contributed by atoms with Gasteiger partial charge in [-0.3, -0.25) is 9.59 Å². The number of hydrogen-bond acceptors (Lipinski definition) is 4. The number of carbonyl (C=O) groups excluding carboxylic acids is 2. The Morgan fingerprint density at radius 1 is 1.03 bits per heavy atom. The van der Waals surface area contributed by atoms with Crippen LogP contribution in [0.2, 0.25) is 0 Å². The van der Waals surface area contributed by atoms with Crippen molar-refractivity contribution in [2.75, 3.05) is 18.4 Å². The van der Waals surface area contributed by atoms with Gasteiger partial charge in [0.1, 0.15) is 0 Å². The van der Waals surface area contributed by atoms with Crippen LogP contribution in [0.4, 0.5) is 5.69 Å². The number of nitrogens with one attached hydrogen (secondary N) is 3. The highest BCUT2D eigenvalue weighted by molar-refractivity contribution is 7.89. The molecule has 2 amide bonds. The number of terminal acetylenes is 1. The van der Waals surface area contributed by atoms with E-state index in [-0.39, 0.29) is 24.4 Å². The molecule has 0 atom stereocenters. The second-order valence-electron chi connectivity index (χ2n) is 6.93. The Kier molecular flexibility index (Phi) is 7.75. The quantitative estimate of drug-likeness (QED) is 0.561. The van der Waals surface area contributed by atoms with Crippen molar-refractivity contribution in [3.63, 3.8) is 0 Å². The smallest absolute Gasteiger partial charge is 0.243 e. The van der Waals surface area contributed by atoms with Crippen LogP contribution < -0.4 is 15.4 Å². The Hall–Kier alpha value is -3.15. The molecule has 0 aliphatic carbocycles. The normalized spacial score (nSPS) is 10.9. The molecule has 2 aromatic carbocycles. The van der Waals surface area contributed by atoms with E-state index in [1.54, 1.807) is 50.2 Å². The number of sulfonamides is 1. The van der Waals surface area contributed by atoms with Crippen molar-refractivity contribution in [2.45, 2.75) is 32.1 Å². The van der Waals surface area contributed by atoms with E-state index in [1.165, 1.54) is 0 Å². The van der Waals surface area contributed by atoms with Gasteiger partial charge in [-0.15, -0.1) is 6.42 Å². The topological polar surface area (TPSA) is 104 Å². The third kappa shape index (κ3) is 6.44. The van der Waals surface area contributed by atoms with Crippen molar-refractivity contribution in [1.82, 2.24) is 10.0 Å². The largest absolute Gasteiger partial charge is 0.347 e. The molecule has 30 heavy (non-hydrogen) atoms. The predicted octanol–water partition coefficient (Wildman–Crippen LogP) is 2.02. The molecular weight excluding hydrogens is 402 g/mol. The molecule has 0 radical (unpaired) electrons. The van der Waals surface area contributed by atoms with E-state index in [0.717, 1.165) is 5.56 Å². The van der Waals surface area contributed by atoms with Crippen LogP contribution in [0.3, 0.4) is 0 Å². The van der Waals surface area contributed by atoms with Gasteiger partial charge in [-0.05, 0) is 50.1 Å². The lowest BCUT2D eigenvalue weighted by Crippen LogP contribution is -2.35. The summed E-state index contributed by atoms with van der Waals surface area (Å²) in [6, 6.07) is 10.4. The number of rotatable bonds is 8. The van der Waals surface area contributed by atoms with Crippen molar-refractivity contribution in [3.8, 4) is 12.3 Å². The maximum atomic E-state index is 12.6. The summed E-state index contributed by atoms with van der Waals surface area (Å²) in [5.74, 6) is 1.62. The molecule has 0 aliphatic rings. The molecule has 0 spiro atoms. The Morgan fingerprint density at radius 3 is 2.33 bits per heavy atom. The fourth-order valence-corrected chi connectivity index (χ4v) is 4.60. The summed E-state index contributed by atoms with van der Waals surface area (Å²) in [5, 5.41) is 5.09. The zero-order chi connectivity index (χ0) is 22.3. The summed E-state index contributed by atoms with van der Waals surface area (Å²) in [5.41, 5.74) is 3.43. The Labute approximate surface area is 177 Å². The van der Waals surface area contributed by atoms with Gasteiger partial charge in [-0.1, -0.05) is 29.7 Å². The predicted molar refractivity (Wildman–Crippen MR) is 116 cm³/mol. The van der Waals surface area contributed by atoms with E-state index in [1.807, 2.05) is 6.92 Å². The van der Waals surface area contributed by atoms with Gasteiger partial charge in [-0.2, -0.15) is 0 Å². The van der Waals surface area contributed by atoms with Gasteiger partial charge in [0.05, 0.1) is 11.4 Å². The van der Waals surface area contributed by atoms with E-state index >= 15 is 0 Å². The SMILES string of the molecule is C#Cc1cccc(NC(=O)CNC(=O)CCNS(=O)(=O)c2c(C)cc(C)cc2C)c1. The first-order valence-electron chi connectivity index (χ1n) is 9.33. The monoisotopic (exact) mass is 427 g/mol. The van der Waals surface area contributed by atoms with Crippen molar-refractivity contribution >= 4 is 27.5 Å². The van der Waals surface area contributed by atoms with Gasteiger partial charge >= 0.3 is 0 Å². The highest BCUT2D eigenvalue weighted by Gasteiger charge is 2.19. The zero-order valence-electron chi connectivity index (χ0n) is 17.2. The summed E-state index contributed by atoms with van der Waals surface area (Å²) < 4.78 is 27.6. The van der Waals surface area contributed by atoms with E-state index in [4.69, 9.17) is 6.42 Å². The molecule has 0 bridgehead atoms. The van der Waals surface area contributed by atoms with Crippen molar-refractivity contribution in [2.24, 2.45) is 0 Å². The maximum absolute atomic E-state index is 12.6. The molecule has 158 valence electrons. The van der Waals surface area contributed by atoms with E-state index in [2.05, 4.69) is 21.3 Å². The third-order valence-electron chi connectivity index (χ3n) is 4.28. The van der Waals surface area contributed by atoms with Crippen LogP contribution in [0.1, 0.15) is 28.7 Å². The van der Waals surface area contributed by atoms with Crippen molar-refractivity contribution < 1.29 is 18.0 Å². The molecule has 2 rings (SSSR count). The minimum absolute atomic E-state index is 0.0766. The van der Waals surface area contributed by atoms with Crippen LogP contribution in [-0.4, -0.2) is 33.3 Å². The molecule has 2 aromatic rings. The molecule has 8 heteroatoms. The van der Waals surface area contributed by atoms with Gasteiger partial charge in [0.2, 0.25) is 21.8 Å². The van der Waals surface area contributed by atoms with Crippen LogP contribution in [0.15, 0.2) is 41.3 Å². The number of anilines is 1. The molecule has 3 N–H and O–H groups in total. The summed E-state index contributed by atoms with van der Waals surface area (Å²) in [6.45, 7) is 5.06. The zero-order valence-corrected chi connectivity index (χ0v) is 18.0. The molecular formula is C22H25N3O4S. The summed E-state index contributed by atoms with van der Waals surface area (Å²) >= 11 is 0. The van der Waals surface area contributed by atoms with Gasteiger partial charge in [0, 0.05) is 24.2 Å². The number of benzene rings is 2. The number of carbonyl (C=O) groups is 2. The van der Waals surface area contributed by atoms with Crippen LogP contribution in [0, 0.1) is 33.1 Å². The van der Waals surface area contributed by atoms with Crippen LogP contribution in [0.5, 0.6) is 0 Å². The van der Waals surface area contributed by atoms with E-state index in [0.29, 0.717) is 22.4 Å². The molecule has 0 saturated carbocycles. The molecule has 0 unspecified atom stereocenters. The lowest BCUT2D eigenvalue weighted by Gasteiger charge is -2.13. The second kappa shape index (κ2) is 10.1. The first-order valence-corrected chi connectivity index (χ1v) is 10.8. The highest BCUT2D eigenvalue weighted by atomic mass is 32.2. The first-order chi connectivity index (χ1) is 14.1. The molecule has 0 heterocycles. The van der Waals surface area contributed by atoms with Crippen LogP contribution >= 0.6 is 0 Å². The van der Waals surface area contributed by atoms with Crippen molar-refractivity contribution in [1.29, 1.82) is 0 Å². The van der Waals surface area contributed by atoms with Gasteiger partial charge in [0.15, 0.2) is 0 Å².